The molecule has 0 radical (unpaired) electrons. The average molecular weight is 165 g/mol. The molecule has 1 N–H and O–H groups in total. The minimum absolute atomic E-state index is 0.493. The standard InChI is InChI=1S/C11H19N/c1-6-9(3)11(7-2)8-10(4)12-5/h6-7,10,12H,1-2,8H2,3-5H3/b11-9+. The summed E-state index contributed by atoms with van der Waals surface area (Å²) >= 11 is 0. The van der Waals surface area contributed by atoms with Gasteiger partial charge < -0.3 is 5.32 Å². The summed E-state index contributed by atoms with van der Waals surface area (Å²) in [7, 11) is 1.97. The molecule has 68 valence electrons. The smallest absolute Gasteiger partial charge is 0.00762 e. The topological polar surface area (TPSA) is 12.0 Å². The second kappa shape index (κ2) is 5.78. The molecule has 0 aliphatic carbocycles. The Morgan fingerprint density at radius 3 is 2.33 bits per heavy atom. The third kappa shape index (κ3) is 3.54. The molecule has 0 aromatic rings. The van der Waals surface area contributed by atoms with E-state index >= 15 is 0 Å². The second-order valence-corrected chi connectivity index (χ2v) is 3.01. The third-order valence-electron chi connectivity index (χ3n) is 2.08. The minimum Gasteiger partial charge on any atom is -0.317 e. The van der Waals surface area contributed by atoms with Gasteiger partial charge in [-0.25, -0.2) is 0 Å². The average Bonchev–Trinajstić information content (AvgIpc) is 2.12. The van der Waals surface area contributed by atoms with Crippen LogP contribution in [0.25, 0.3) is 0 Å². The lowest BCUT2D eigenvalue weighted by atomic mass is 10.0. The van der Waals surface area contributed by atoms with Crippen molar-refractivity contribution in [2.75, 3.05) is 7.05 Å². The Bertz CT molecular complexity index is 189. The van der Waals surface area contributed by atoms with Gasteiger partial charge in [-0.15, -0.1) is 0 Å². The van der Waals surface area contributed by atoms with Crippen molar-refractivity contribution in [2.45, 2.75) is 26.3 Å². The zero-order chi connectivity index (χ0) is 9.56. The molecular weight excluding hydrogens is 146 g/mol. The molecule has 0 saturated carbocycles. The summed E-state index contributed by atoms with van der Waals surface area (Å²) in [5.41, 5.74) is 2.49. The molecule has 0 spiro atoms. The number of rotatable bonds is 5. The highest BCUT2D eigenvalue weighted by atomic mass is 14.8. The van der Waals surface area contributed by atoms with Gasteiger partial charge in [0.15, 0.2) is 0 Å². The summed E-state index contributed by atoms with van der Waals surface area (Å²) in [6.07, 6.45) is 4.79. The van der Waals surface area contributed by atoms with Crippen LogP contribution in [0.4, 0.5) is 0 Å². The Balaban J connectivity index is 4.36. The molecule has 0 rings (SSSR count). The molecular formula is C11H19N. The SMILES string of the molecule is C=C/C(C)=C(\C=C)CC(C)NC. The first kappa shape index (κ1) is 11.2. The first-order valence-corrected chi connectivity index (χ1v) is 4.27. The molecule has 0 aliphatic heterocycles. The van der Waals surface area contributed by atoms with Gasteiger partial charge in [-0.3, -0.25) is 0 Å². The van der Waals surface area contributed by atoms with E-state index in [1.807, 2.05) is 19.2 Å². The van der Waals surface area contributed by atoms with Crippen molar-refractivity contribution < 1.29 is 0 Å². The van der Waals surface area contributed by atoms with Crippen LogP contribution in [0, 0.1) is 0 Å². The lowest BCUT2D eigenvalue weighted by Crippen LogP contribution is -2.21. The molecule has 12 heavy (non-hydrogen) atoms. The largest absolute Gasteiger partial charge is 0.317 e. The minimum atomic E-state index is 0.493. The van der Waals surface area contributed by atoms with Crippen LogP contribution in [-0.2, 0) is 0 Å². The number of hydrogen-bond donors (Lipinski definition) is 1. The maximum absolute atomic E-state index is 3.78. The molecule has 0 aromatic heterocycles. The second-order valence-electron chi connectivity index (χ2n) is 3.01. The lowest BCUT2D eigenvalue weighted by molar-refractivity contribution is 0.609. The van der Waals surface area contributed by atoms with Crippen LogP contribution >= 0.6 is 0 Å². The van der Waals surface area contributed by atoms with Crippen molar-refractivity contribution in [3.05, 3.63) is 36.5 Å². The van der Waals surface area contributed by atoms with Crippen molar-refractivity contribution in [2.24, 2.45) is 0 Å². The molecule has 1 atom stereocenters. The zero-order valence-corrected chi connectivity index (χ0v) is 8.35. The summed E-state index contributed by atoms with van der Waals surface area (Å²) in [5.74, 6) is 0. The Hall–Kier alpha value is -0.820. The van der Waals surface area contributed by atoms with Crippen LogP contribution < -0.4 is 5.32 Å². The van der Waals surface area contributed by atoms with Crippen LogP contribution in [-0.4, -0.2) is 13.1 Å². The first-order chi connectivity index (χ1) is 5.65. The highest BCUT2D eigenvalue weighted by molar-refractivity contribution is 5.30. The van der Waals surface area contributed by atoms with E-state index in [2.05, 4.69) is 32.3 Å². The summed E-state index contributed by atoms with van der Waals surface area (Å²) in [6, 6.07) is 0.493. The normalized spacial score (nSPS) is 14.9. The molecule has 0 amide bonds. The van der Waals surface area contributed by atoms with Gasteiger partial charge in [0.1, 0.15) is 0 Å². The van der Waals surface area contributed by atoms with E-state index in [-0.39, 0.29) is 0 Å². The number of nitrogens with one attached hydrogen (secondary N) is 1. The van der Waals surface area contributed by atoms with Crippen molar-refractivity contribution >= 4 is 0 Å². The van der Waals surface area contributed by atoms with Crippen molar-refractivity contribution in [3.8, 4) is 0 Å². The summed E-state index contributed by atoms with van der Waals surface area (Å²) < 4.78 is 0. The Morgan fingerprint density at radius 1 is 1.42 bits per heavy atom. The maximum atomic E-state index is 3.78. The molecule has 0 aliphatic rings. The summed E-state index contributed by atoms with van der Waals surface area (Å²) in [5, 5.41) is 3.19. The number of hydrogen-bond acceptors (Lipinski definition) is 1. The molecule has 0 aromatic carbocycles. The van der Waals surface area contributed by atoms with Gasteiger partial charge in [0.2, 0.25) is 0 Å². The van der Waals surface area contributed by atoms with E-state index in [1.54, 1.807) is 0 Å². The Kier molecular flexibility index (Phi) is 5.39. The maximum Gasteiger partial charge on any atom is 0.00762 e. The van der Waals surface area contributed by atoms with E-state index in [1.165, 1.54) is 11.1 Å². The predicted octanol–water partition coefficient (Wildman–Crippen LogP) is 2.67. The summed E-state index contributed by atoms with van der Waals surface area (Å²) in [6.45, 7) is 11.7. The molecule has 0 heterocycles. The quantitative estimate of drug-likeness (QED) is 0.618. The first-order valence-electron chi connectivity index (χ1n) is 4.27. The van der Waals surface area contributed by atoms with Crippen LogP contribution in [0.5, 0.6) is 0 Å². The van der Waals surface area contributed by atoms with Crippen molar-refractivity contribution in [3.63, 3.8) is 0 Å². The van der Waals surface area contributed by atoms with E-state index in [0.29, 0.717) is 6.04 Å². The van der Waals surface area contributed by atoms with E-state index in [0.717, 1.165) is 6.42 Å². The molecule has 1 heteroatoms. The fourth-order valence-electron chi connectivity index (χ4n) is 0.968. The highest BCUT2D eigenvalue weighted by Gasteiger charge is 2.01. The monoisotopic (exact) mass is 165 g/mol. The van der Waals surface area contributed by atoms with Gasteiger partial charge in [-0.05, 0) is 38.5 Å². The molecule has 1 nitrogen and oxygen atoms in total. The zero-order valence-electron chi connectivity index (χ0n) is 8.35. The van der Waals surface area contributed by atoms with Crippen LogP contribution in [0.15, 0.2) is 36.5 Å². The predicted molar refractivity (Wildman–Crippen MR) is 56.2 cm³/mol. The van der Waals surface area contributed by atoms with Gasteiger partial charge in [-0.2, -0.15) is 0 Å². The third-order valence-corrected chi connectivity index (χ3v) is 2.08. The van der Waals surface area contributed by atoms with E-state index in [4.69, 9.17) is 0 Å². The van der Waals surface area contributed by atoms with Crippen LogP contribution in [0.2, 0.25) is 0 Å². The molecule has 0 bridgehead atoms. The van der Waals surface area contributed by atoms with Crippen LogP contribution in [0.1, 0.15) is 20.3 Å². The Labute approximate surface area is 75.9 Å². The van der Waals surface area contributed by atoms with E-state index < -0.39 is 0 Å². The van der Waals surface area contributed by atoms with E-state index in [9.17, 15) is 0 Å². The van der Waals surface area contributed by atoms with Crippen LogP contribution in [0.3, 0.4) is 0 Å². The lowest BCUT2D eigenvalue weighted by Gasteiger charge is -2.11. The molecule has 0 fully saturated rings. The Morgan fingerprint density at radius 2 is 2.00 bits per heavy atom. The molecule has 0 saturated heterocycles. The summed E-state index contributed by atoms with van der Waals surface area (Å²) in [4.78, 5) is 0. The van der Waals surface area contributed by atoms with Gasteiger partial charge in [0.05, 0.1) is 0 Å². The van der Waals surface area contributed by atoms with Gasteiger partial charge in [-0.1, -0.05) is 25.3 Å². The van der Waals surface area contributed by atoms with Gasteiger partial charge in [0.25, 0.3) is 0 Å². The van der Waals surface area contributed by atoms with Gasteiger partial charge in [0, 0.05) is 6.04 Å². The van der Waals surface area contributed by atoms with Crippen molar-refractivity contribution in [1.29, 1.82) is 0 Å². The highest BCUT2D eigenvalue weighted by Crippen LogP contribution is 2.12. The number of allylic oxidation sites excluding steroid dienone is 3. The fourth-order valence-corrected chi connectivity index (χ4v) is 0.968. The van der Waals surface area contributed by atoms with Gasteiger partial charge >= 0.3 is 0 Å². The van der Waals surface area contributed by atoms with Crippen molar-refractivity contribution in [1.82, 2.24) is 5.32 Å². The fraction of sp³-hybridized carbons (Fsp3) is 0.455. The molecule has 1 unspecified atom stereocenters.